The number of benzene rings is 1. The number of carbonyl (C=O) groups is 1. The fourth-order valence-corrected chi connectivity index (χ4v) is 2.08. The average molecular weight is 235 g/mol. The van der Waals surface area contributed by atoms with E-state index in [4.69, 9.17) is 5.73 Å². The predicted octanol–water partition coefficient (Wildman–Crippen LogP) is 3.01. The first-order valence-electron chi connectivity index (χ1n) is 4.73. The monoisotopic (exact) mass is 235 g/mol. The molecule has 0 saturated carbocycles. The molecule has 0 aliphatic carbocycles. The van der Waals surface area contributed by atoms with Gasteiger partial charge in [-0.3, -0.25) is 4.79 Å². The third-order valence-corrected chi connectivity index (χ3v) is 3.12. The van der Waals surface area contributed by atoms with E-state index in [-0.39, 0.29) is 11.5 Å². The number of halogens is 1. The summed E-state index contributed by atoms with van der Waals surface area (Å²) in [4.78, 5) is 13.0. The van der Waals surface area contributed by atoms with E-state index < -0.39 is 5.82 Å². The summed E-state index contributed by atoms with van der Waals surface area (Å²) in [6.07, 6.45) is 0. The molecule has 0 amide bonds. The Kier molecular flexibility index (Phi) is 2.75. The van der Waals surface area contributed by atoms with Crippen molar-refractivity contribution in [1.29, 1.82) is 0 Å². The Bertz CT molecular complexity index is 548. The first kappa shape index (κ1) is 10.8. The second kappa shape index (κ2) is 4.06. The number of anilines is 1. The minimum absolute atomic E-state index is 0.0537. The maximum Gasteiger partial charge on any atom is 0.193 e. The molecule has 0 spiro atoms. The Hall–Kier alpha value is -1.68. The van der Waals surface area contributed by atoms with Crippen LogP contribution in [0.5, 0.6) is 0 Å². The Labute approximate surface area is 96.5 Å². The molecule has 2 rings (SSSR count). The number of thiophene rings is 1. The molecule has 2 nitrogen and oxygen atoms in total. The zero-order chi connectivity index (χ0) is 11.7. The van der Waals surface area contributed by atoms with Crippen LogP contribution in [-0.4, -0.2) is 5.78 Å². The number of carbonyl (C=O) groups excluding carboxylic acids is 1. The molecule has 1 heterocycles. The van der Waals surface area contributed by atoms with Gasteiger partial charge >= 0.3 is 0 Å². The van der Waals surface area contributed by atoms with Crippen LogP contribution in [0.1, 0.15) is 20.8 Å². The smallest absolute Gasteiger partial charge is 0.193 e. The van der Waals surface area contributed by atoms with Crippen molar-refractivity contribution in [2.75, 3.05) is 5.73 Å². The summed E-state index contributed by atoms with van der Waals surface area (Å²) < 4.78 is 13.2. The highest BCUT2D eigenvalue weighted by atomic mass is 32.1. The Morgan fingerprint density at radius 3 is 2.62 bits per heavy atom. The molecule has 0 aliphatic heterocycles. The second-order valence-electron chi connectivity index (χ2n) is 3.51. The lowest BCUT2D eigenvalue weighted by molar-refractivity contribution is 0.103. The van der Waals surface area contributed by atoms with E-state index in [2.05, 4.69) is 0 Å². The van der Waals surface area contributed by atoms with Gasteiger partial charge in [0.1, 0.15) is 5.82 Å². The van der Waals surface area contributed by atoms with Gasteiger partial charge in [-0.25, -0.2) is 4.39 Å². The van der Waals surface area contributed by atoms with Gasteiger partial charge in [0.25, 0.3) is 0 Å². The first-order chi connectivity index (χ1) is 7.58. The van der Waals surface area contributed by atoms with Crippen molar-refractivity contribution in [3.63, 3.8) is 0 Å². The minimum atomic E-state index is -0.558. The first-order valence-corrected chi connectivity index (χ1v) is 5.61. The molecule has 16 heavy (non-hydrogen) atoms. The summed E-state index contributed by atoms with van der Waals surface area (Å²) in [6, 6.07) is 5.90. The minimum Gasteiger partial charge on any atom is -0.396 e. The molecule has 2 aromatic rings. The van der Waals surface area contributed by atoms with Crippen LogP contribution in [0.15, 0.2) is 29.6 Å². The van der Waals surface area contributed by atoms with E-state index in [1.807, 2.05) is 6.92 Å². The number of nitrogen functional groups attached to an aromatic ring is 1. The molecule has 1 aromatic carbocycles. The SMILES string of the molecule is Cc1cc(C(=O)c2ccc(N)c(F)c2)cs1. The third kappa shape index (κ3) is 1.97. The van der Waals surface area contributed by atoms with Crippen LogP contribution in [0, 0.1) is 12.7 Å². The van der Waals surface area contributed by atoms with Crippen LogP contribution in [-0.2, 0) is 0 Å². The van der Waals surface area contributed by atoms with Crippen LogP contribution in [0.3, 0.4) is 0 Å². The molecule has 0 unspecified atom stereocenters. The molecule has 2 N–H and O–H groups in total. The summed E-state index contributed by atoms with van der Waals surface area (Å²) in [6.45, 7) is 1.92. The zero-order valence-corrected chi connectivity index (χ0v) is 9.48. The fourth-order valence-electron chi connectivity index (χ4n) is 1.40. The van der Waals surface area contributed by atoms with Crippen LogP contribution in [0.25, 0.3) is 0 Å². The molecule has 82 valence electrons. The zero-order valence-electron chi connectivity index (χ0n) is 8.66. The lowest BCUT2D eigenvalue weighted by Gasteiger charge is -2.00. The van der Waals surface area contributed by atoms with Gasteiger partial charge in [-0.1, -0.05) is 0 Å². The normalized spacial score (nSPS) is 10.4. The van der Waals surface area contributed by atoms with Gasteiger partial charge in [0.15, 0.2) is 5.78 Å². The number of rotatable bonds is 2. The summed E-state index contributed by atoms with van der Waals surface area (Å²) in [5, 5.41) is 1.77. The molecule has 0 radical (unpaired) electrons. The highest BCUT2D eigenvalue weighted by Crippen LogP contribution is 2.19. The summed E-state index contributed by atoms with van der Waals surface area (Å²) in [5.74, 6) is -0.735. The maximum absolute atomic E-state index is 13.2. The lowest BCUT2D eigenvalue weighted by Crippen LogP contribution is -2.01. The van der Waals surface area contributed by atoms with Gasteiger partial charge in [-0.05, 0) is 31.2 Å². The summed E-state index contributed by atoms with van der Waals surface area (Å²) >= 11 is 1.50. The Morgan fingerprint density at radius 1 is 1.31 bits per heavy atom. The second-order valence-corrected chi connectivity index (χ2v) is 4.63. The van der Waals surface area contributed by atoms with Crippen molar-refractivity contribution >= 4 is 22.8 Å². The number of aryl methyl sites for hydroxylation is 1. The molecule has 4 heteroatoms. The molecular formula is C12H10FNOS. The van der Waals surface area contributed by atoms with E-state index in [1.165, 1.54) is 29.5 Å². The number of ketones is 1. The standard InChI is InChI=1S/C12H10FNOS/c1-7-4-9(6-16-7)12(15)8-2-3-11(14)10(13)5-8/h2-6H,14H2,1H3. The number of nitrogens with two attached hydrogens (primary N) is 1. The van der Waals surface area contributed by atoms with Crippen LogP contribution in [0.4, 0.5) is 10.1 Å². The van der Waals surface area contributed by atoms with Crippen LogP contribution < -0.4 is 5.73 Å². The van der Waals surface area contributed by atoms with Crippen molar-refractivity contribution in [1.82, 2.24) is 0 Å². The topological polar surface area (TPSA) is 43.1 Å². The van der Waals surface area contributed by atoms with Gasteiger partial charge in [0.2, 0.25) is 0 Å². The third-order valence-electron chi connectivity index (χ3n) is 2.26. The Morgan fingerprint density at radius 2 is 2.06 bits per heavy atom. The highest BCUT2D eigenvalue weighted by Gasteiger charge is 2.12. The highest BCUT2D eigenvalue weighted by molar-refractivity contribution is 7.10. The van der Waals surface area contributed by atoms with Crippen LogP contribution >= 0.6 is 11.3 Å². The van der Waals surface area contributed by atoms with E-state index in [0.717, 1.165) is 4.88 Å². The predicted molar refractivity (Wildman–Crippen MR) is 63.3 cm³/mol. The van der Waals surface area contributed by atoms with Crippen molar-refractivity contribution in [2.45, 2.75) is 6.92 Å². The van der Waals surface area contributed by atoms with E-state index >= 15 is 0 Å². The van der Waals surface area contributed by atoms with Gasteiger partial charge in [-0.2, -0.15) is 0 Å². The molecule has 0 fully saturated rings. The fraction of sp³-hybridized carbons (Fsp3) is 0.0833. The van der Waals surface area contributed by atoms with E-state index in [0.29, 0.717) is 11.1 Å². The summed E-state index contributed by atoms with van der Waals surface area (Å²) in [5.41, 5.74) is 6.31. The van der Waals surface area contributed by atoms with Crippen molar-refractivity contribution in [3.05, 3.63) is 51.5 Å². The molecule has 0 bridgehead atoms. The van der Waals surface area contributed by atoms with Gasteiger partial charge < -0.3 is 5.73 Å². The molecular weight excluding hydrogens is 225 g/mol. The van der Waals surface area contributed by atoms with Gasteiger partial charge in [0, 0.05) is 21.4 Å². The van der Waals surface area contributed by atoms with Crippen molar-refractivity contribution in [2.24, 2.45) is 0 Å². The molecule has 0 aliphatic rings. The maximum atomic E-state index is 13.2. The van der Waals surface area contributed by atoms with Gasteiger partial charge in [0.05, 0.1) is 5.69 Å². The lowest BCUT2D eigenvalue weighted by atomic mass is 10.1. The number of hydrogen-bond acceptors (Lipinski definition) is 3. The van der Waals surface area contributed by atoms with E-state index in [9.17, 15) is 9.18 Å². The van der Waals surface area contributed by atoms with E-state index in [1.54, 1.807) is 11.4 Å². The van der Waals surface area contributed by atoms with Crippen molar-refractivity contribution in [3.8, 4) is 0 Å². The number of hydrogen-bond donors (Lipinski definition) is 1. The molecule has 1 aromatic heterocycles. The largest absolute Gasteiger partial charge is 0.396 e. The summed E-state index contributed by atoms with van der Waals surface area (Å²) in [7, 11) is 0. The molecule has 0 atom stereocenters. The quantitative estimate of drug-likeness (QED) is 0.642. The van der Waals surface area contributed by atoms with Crippen LogP contribution in [0.2, 0.25) is 0 Å². The van der Waals surface area contributed by atoms with Crippen molar-refractivity contribution < 1.29 is 9.18 Å². The Balaban J connectivity index is 2.38. The van der Waals surface area contributed by atoms with Gasteiger partial charge in [-0.15, -0.1) is 11.3 Å². The average Bonchev–Trinajstić information content (AvgIpc) is 2.68. The molecule has 0 saturated heterocycles.